The smallest absolute Gasteiger partial charge is 0.410 e. The summed E-state index contributed by atoms with van der Waals surface area (Å²) in [5.74, 6) is 0.606. The van der Waals surface area contributed by atoms with Crippen LogP contribution < -0.4 is 11.3 Å². The second-order valence-corrected chi connectivity index (χ2v) is 11.9. The number of halogens is 1. The highest BCUT2D eigenvalue weighted by atomic mass is 35.5. The lowest BCUT2D eigenvalue weighted by Crippen LogP contribution is -2.37. The summed E-state index contributed by atoms with van der Waals surface area (Å²) in [4.78, 5) is 35.1. The molecule has 2 fully saturated rings. The van der Waals surface area contributed by atoms with Gasteiger partial charge in [0.05, 0.1) is 29.2 Å². The first-order chi connectivity index (χ1) is 19.0. The van der Waals surface area contributed by atoms with Crippen molar-refractivity contribution in [1.29, 1.82) is 0 Å². The lowest BCUT2D eigenvalue weighted by atomic mass is 10.0. The molecule has 2 saturated heterocycles. The average Bonchev–Trinajstić information content (AvgIpc) is 3.56. The number of hydrogen-bond donors (Lipinski definition) is 2. The summed E-state index contributed by atoms with van der Waals surface area (Å²) in [5, 5.41) is 13.8. The van der Waals surface area contributed by atoms with E-state index in [1.165, 1.54) is 17.8 Å². The largest absolute Gasteiger partial charge is 0.447 e. The predicted molar refractivity (Wildman–Crippen MR) is 158 cm³/mol. The van der Waals surface area contributed by atoms with E-state index in [2.05, 4.69) is 9.97 Å². The van der Waals surface area contributed by atoms with Gasteiger partial charge >= 0.3 is 6.09 Å². The number of thiazole rings is 1. The van der Waals surface area contributed by atoms with Gasteiger partial charge in [-0.05, 0) is 69.9 Å². The summed E-state index contributed by atoms with van der Waals surface area (Å²) in [6, 6.07) is 11.2. The van der Waals surface area contributed by atoms with Gasteiger partial charge in [0, 0.05) is 28.2 Å². The zero-order chi connectivity index (χ0) is 28.6. The molecule has 3 N–H and O–H groups in total. The molecule has 2 aliphatic rings. The number of aromatic nitrogens is 3. The number of aliphatic hydroxyl groups is 1. The molecule has 1 unspecified atom stereocenters. The molecular formula is C29H32ClN5O4S. The SMILES string of the molecule is Cc1nc2cc(-c3nc(C(C)(C)O)cs3)c(N)cc2c(=O)n1Cc1ccc(Cl)cc1.O=C1OCC2CCCCN12. The zero-order valence-electron chi connectivity index (χ0n) is 22.7. The van der Waals surface area contributed by atoms with E-state index in [0.29, 0.717) is 62.9 Å². The third kappa shape index (κ3) is 5.84. The molecule has 4 aromatic rings. The first-order valence-electron chi connectivity index (χ1n) is 13.2. The van der Waals surface area contributed by atoms with Crippen LogP contribution in [-0.2, 0) is 16.9 Å². The number of nitrogens with zero attached hydrogens (tertiary/aromatic N) is 4. The fraction of sp³-hybridized carbons (Fsp3) is 0.379. The number of hydrogen-bond acceptors (Lipinski definition) is 8. The van der Waals surface area contributed by atoms with Crippen molar-refractivity contribution in [2.75, 3.05) is 18.9 Å². The minimum Gasteiger partial charge on any atom is -0.447 e. The molecule has 9 nitrogen and oxygen atoms in total. The van der Waals surface area contributed by atoms with E-state index in [-0.39, 0.29) is 11.7 Å². The number of carbonyl (C=O) groups excluding carboxylic acids is 1. The number of cyclic esters (lactones) is 1. The van der Waals surface area contributed by atoms with Crippen molar-refractivity contribution >= 4 is 45.6 Å². The Morgan fingerprint density at radius 1 is 1.18 bits per heavy atom. The third-order valence-corrected chi connectivity index (χ3v) is 8.32. The van der Waals surface area contributed by atoms with Gasteiger partial charge in [-0.2, -0.15) is 0 Å². The molecule has 4 heterocycles. The number of anilines is 1. The summed E-state index contributed by atoms with van der Waals surface area (Å²) >= 11 is 7.35. The van der Waals surface area contributed by atoms with Crippen LogP contribution in [0.4, 0.5) is 10.5 Å². The van der Waals surface area contributed by atoms with Gasteiger partial charge in [0.25, 0.3) is 5.56 Å². The van der Waals surface area contributed by atoms with Gasteiger partial charge < -0.3 is 20.5 Å². The Morgan fingerprint density at radius 3 is 2.60 bits per heavy atom. The number of ether oxygens (including phenoxy) is 1. The van der Waals surface area contributed by atoms with E-state index >= 15 is 0 Å². The number of aryl methyl sites for hydroxylation is 1. The van der Waals surface area contributed by atoms with Gasteiger partial charge in [0.1, 0.15) is 23.0 Å². The number of piperidine rings is 1. The van der Waals surface area contributed by atoms with Crippen LogP contribution in [0.2, 0.25) is 5.02 Å². The third-order valence-electron chi connectivity index (χ3n) is 7.19. The van der Waals surface area contributed by atoms with Crippen molar-refractivity contribution in [3.8, 4) is 10.6 Å². The predicted octanol–water partition coefficient (Wildman–Crippen LogP) is 5.33. The molecule has 0 saturated carbocycles. The average molecular weight is 582 g/mol. The maximum absolute atomic E-state index is 13.2. The highest BCUT2D eigenvalue weighted by Gasteiger charge is 2.34. The number of nitrogens with two attached hydrogens (primary N) is 1. The van der Waals surface area contributed by atoms with E-state index in [1.54, 1.807) is 42.7 Å². The molecule has 6 rings (SSSR count). The van der Waals surface area contributed by atoms with E-state index in [9.17, 15) is 14.7 Å². The van der Waals surface area contributed by atoms with Gasteiger partial charge in [0.15, 0.2) is 0 Å². The van der Waals surface area contributed by atoms with Crippen LogP contribution >= 0.6 is 22.9 Å². The Kier molecular flexibility index (Phi) is 7.85. The summed E-state index contributed by atoms with van der Waals surface area (Å²) in [6.45, 7) is 7.10. The first-order valence-corrected chi connectivity index (χ1v) is 14.4. The Bertz CT molecular complexity index is 1610. The molecule has 1 amide bonds. The zero-order valence-corrected chi connectivity index (χ0v) is 24.3. The summed E-state index contributed by atoms with van der Waals surface area (Å²) < 4.78 is 6.51. The molecule has 2 aromatic heterocycles. The van der Waals surface area contributed by atoms with Crippen LogP contribution in [0.15, 0.2) is 46.6 Å². The van der Waals surface area contributed by atoms with Gasteiger partial charge in [-0.3, -0.25) is 9.36 Å². The van der Waals surface area contributed by atoms with Crippen molar-refractivity contribution in [3.05, 3.63) is 74.2 Å². The van der Waals surface area contributed by atoms with Crippen molar-refractivity contribution < 1.29 is 14.6 Å². The number of amides is 1. The minimum absolute atomic E-state index is 0.107. The molecule has 11 heteroatoms. The fourth-order valence-corrected chi connectivity index (χ4v) is 6.03. The summed E-state index contributed by atoms with van der Waals surface area (Å²) in [5.41, 5.74) is 8.33. The minimum atomic E-state index is -1.04. The number of fused-ring (bicyclic) bond motifs is 2. The van der Waals surface area contributed by atoms with Gasteiger partial charge in [-0.15, -0.1) is 11.3 Å². The molecule has 0 bridgehead atoms. The second kappa shape index (κ2) is 11.2. The van der Waals surface area contributed by atoms with Gasteiger partial charge in [0.2, 0.25) is 0 Å². The van der Waals surface area contributed by atoms with Crippen molar-refractivity contribution in [1.82, 2.24) is 19.4 Å². The van der Waals surface area contributed by atoms with Crippen molar-refractivity contribution in [2.24, 2.45) is 0 Å². The van der Waals surface area contributed by atoms with E-state index in [1.807, 2.05) is 29.3 Å². The Labute approximate surface area is 241 Å². The number of benzene rings is 2. The monoisotopic (exact) mass is 581 g/mol. The Balaban J connectivity index is 0.000000269. The quantitative estimate of drug-likeness (QED) is 0.312. The maximum Gasteiger partial charge on any atom is 0.410 e. The molecule has 0 radical (unpaired) electrons. The number of nitrogen functional groups attached to an aromatic ring is 1. The molecule has 1 atom stereocenters. The van der Waals surface area contributed by atoms with Gasteiger partial charge in [-0.1, -0.05) is 23.7 Å². The Morgan fingerprint density at radius 2 is 1.93 bits per heavy atom. The molecule has 210 valence electrons. The van der Waals surface area contributed by atoms with Crippen LogP contribution in [0.25, 0.3) is 21.5 Å². The van der Waals surface area contributed by atoms with Crippen LogP contribution in [-0.4, -0.2) is 49.8 Å². The highest BCUT2D eigenvalue weighted by Crippen LogP contribution is 2.34. The van der Waals surface area contributed by atoms with E-state index in [4.69, 9.17) is 22.1 Å². The molecule has 2 aromatic carbocycles. The summed E-state index contributed by atoms with van der Waals surface area (Å²) in [6.07, 6.45) is 3.42. The number of carbonyl (C=O) groups is 1. The molecule has 0 spiro atoms. The molecule has 40 heavy (non-hydrogen) atoms. The van der Waals surface area contributed by atoms with E-state index < -0.39 is 5.60 Å². The second-order valence-electron chi connectivity index (χ2n) is 10.7. The lowest BCUT2D eigenvalue weighted by Gasteiger charge is -2.25. The Hall–Kier alpha value is -3.47. The molecular weight excluding hydrogens is 550 g/mol. The highest BCUT2D eigenvalue weighted by molar-refractivity contribution is 7.13. The molecule has 0 aliphatic carbocycles. The lowest BCUT2D eigenvalue weighted by molar-refractivity contribution is 0.0746. The van der Waals surface area contributed by atoms with Crippen molar-refractivity contribution in [2.45, 2.75) is 58.2 Å². The maximum atomic E-state index is 13.2. The standard InChI is InChI=1S/C22H21ClN4O2S.C7H11NO2/c1-12-25-18-9-15(20-26-19(11-30-20)22(2,3)29)17(24)8-16(18)21(28)27(12)10-13-4-6-14(23)7-5-13;9-7-8-4-2-1-3-6(8)5-10-7/h4-9,11,29H,10,24H2,1-3H3;6H,1-5H2. The normalized spacial score (nSPS) is 16.9. The number of rotatable bonds is 4. The molecule has 2 aliphatic heterocycles. The van der Waals surface area contributed by atoms with Crippen molar-refractivity contribution in [3.63, 3.8) is 0 Å². The van der Waals surface area contributed by atoms with E-state index in [0.717, 1.165) is 24.9 Å². The van der Waals surface area contributed by atoms with Crippen LogP contribution in [0.5, 0.6) is 0 Å². The van der Waals surface area contributed by atoms with Crippen LogP contribution in [0, 0.1) is 6.92 Å². The van der Waals surface area contributed by atoms with Crippen LogP contribution in [0.3, 0.4) is 0 Å². The van der Waals surface area contributed by atoms with Gasteiger partial charge in [-0.25, -0.2) is 14.8 Å². The fourth-order valence-electron chi connectivity index (χ4n) is 4.88. The van der Waals surface area contributed by atoms with Crippen LogP contribution in [0.1, 0.15) is 50.2 Å². The summed E-state index contributed by atoms with van der Waals surface area (Å²) in [7, 11) is 0. The topological polar surface area (TPSA) is 124 Å². The first kappa shape index (κ1) is 28.1.